The lowest BCUT2D eigenvalue weighted by Crippen LogP contribution is -2.40. The van der Waals surface area contributed by atoms with Gasteiger partial charge in [-0.15, -0.1) is 0 Å². The number of hydrogen-bond donors (Lipinski definition) is 1. The van der Waals surface area contributed by atoms with E-state index in [-0.39, 0.29) is 17.7 Å². The lowest BCUT2D eigenvalue weighted by molar-refractivity contribution is -0.133. The molecule has 25 heavy (non-hydrogen) atoms. The van der Waals surface area contributed by atoms with E-state index >= 15 is 0 Å². The highest BCUT2D eigenvalue weighted by Gasteiger charge is 2.26. The molecular formula is C17H22N6O2. The minimum atomic E-state index is -0.0866. The van der Waals surface area contributed by atoms with Gasteiger partial charge in [-0.05, 0) is 12.8 Å². The highest BCUT2D eigenvalue weighted by molar-refractivity contribution is 5.76. The smallest absolute Gasteiger partial charge is 0.242 e. The molecule has 1 saturated heterocycles. The Kier molecular flexibility index (Phi) is 5.37. The number of rotatable bonds is 5. The molecule has 0 unspecified atom stereocenters. The van der Waals surface area contributed by atoms with Gasteiger partial charge in [0, 0.05) is 50.7 Å². The van der Waals surface area contributed by atoms with Crippen LogP contribution in [0, 0.1) is 0 Å². The number of amides is 2. The minimum absolute atomic E-state index is 0.0866. The monoisotopic (exact) mass is 342 g/mol. The van der Waals surface area contributed by atoms with Crippen LogP contribution >= 0.6 is 0 Å². The molecule has 1 aliphatic heterocycles. The van der Waals surface area contributed by atoms with Gasteiger partial charge in [0.05, 0.1) is 24.3 Å². The number of imidazole rings is 1. The van der Waals surface area contributed by atoms with Gasteiger partial charge in [0.2, 0.25) is 11.8 Å². The summed E-state index contributed by atoms with van der Waals surface area (Å²) >= 11 is 0. The highest BCUT2D eigenvalue weighted by Crippen LogP contribution is 2.28. The van der Waals surface area contributed by atoms with E-state index in [0.29, 0.717) is 26.2 Å². The zero-order valence-corrected chi connectivity index (χ0v) is 14.3. The summed E-state index contributed by atoms with van der Waals surface area (Å²) in [7, 11) is 0. The molecule has 1 aliphatic rings. The second kappa shape index (κ2) is 7.87. The normalized spacial score (nSPS) is 15.2. The number of hydrogen-bond acceptors (Lipinski definition) is 5. The minimum Gasteiger partial charge on any atom is -0.351 e. The topological polar surface area (TPSA) is 93.0 Å². The van der Waals surface area contributed by atoms with E-state index in [9.17, 15) is 9.59 Å². The Morgan fingerprint density at radius 2 is 1.96 bits per heavy atom. The van der Waals surface area contributed by atoms with Crippen LogP contribution in [0.2, 0.25) is 0 Å². The molecule has 2 aromatic rings. The van der Waals surface area contributed by atoms with Gasteiger partial charge in [-0.2, -0.15) is 0 Å². The number of nitrogens with one attached hydrogen (secondary N) is 1. The molecule has 132 valence electrons. The van der Waals surface area contributed by atoms with Crippen molar-refractivity contribution >= 4 is 11.8 Å². The predicted octanol–water partition coefficient (Wildman–Crippen LogP) is 0.715. The zero-order valence-electron chi connectivity index (χ0n) is 14.3. The van der Waals surface area contributed by atoms with Gasteiger partial charge < -0.3 is 14.8 Å². The van der Waals surface area contributed by atoms with Gasteiger partial charge in [-0.1, -0.05) is 0 Å². The maximum Gasteiger partial charge on any atom is 0.242 e. The summed E-state index contributed by atoms with van der Waals surface area (Å²) in [5.74, 6) is 0.278. The van der Waals surface area contributed by atoms with Crippen molar-refractivity contribution in [2.45, 2.75) is 38.8 Å². The highest BCUT2D eigenvalue weighted by atomic mass is 16.2. The molecule has 0 spiro atoms. The Balaban J connectivity index is 1.59. The molecular weight excluding hydrogens is 320 g/mol. The third kappa shape index (κ3) is 4.40. The first-order valence-corrected chi connectivity index (χ1v) is 8.41. The molecule has 3 rings (SSSR count). The van der Waals surface area contributed by atoms with Crippen molar-refractivity contribution in [3.05, 3.63) is 42.5 Å². The van der Waals surface area contributed by atoms with Crippen molar-refractivity contribution in [1.29, 1.82) is 0 Å². The first-order chi connectivity index (χ1) is 12.1. The fourth-order valence-corrected chi connectivity index (χ4v) is 3.10. The van der Waals surface area contributed by atoms with E-state index in [1.54, 1.807) is 35.7 Å². The molecule has 0 aromatic carbocycles. The van der Waals surface area contributed by atoms with Crippen LogP contribution in [0.1, 0.15) is 37.1 Å². The second-order valence-corrected chi connectivity index (χ2v) is 6.19. The van der Waals surface area contributed by atoms with Gasteiger partial charge in [0.15, 0.2) is 0 Å². The zero-order chi connectivity index (χ0) is 17.6. The van der Waals surface area contributed by atoms with Crippen molar-refractivity contribution < 1.29 is 9.59 Å². The van der Waals surface area contributed by atoms with Crippen LogP contribution in [0.3, 0.4) is 0 Å². The third-order valence-corrected chi connectivity index (χ3v) is 4.42. The van der Waals surface area contributed by atoms with Crippen LogP contribution in [0.15, 0.2) is 31.1 Å². The van der Waals surface area contributed by atoms with E-state index in [1.807, 2.05) is 4.90 Å². The number of nitrogens with zero attached hydrogens (tertiary/aromatic N) is 5. The van der Waals surface area contributed by atoms with Crippen LogP contribution in [-0.2, 0) is 22.7 Å². The summed E-state index contributed by atoms with van der Waals surface area (Å²) in [5, 5.41) is 2.78. The van der Waals surface area contributed by atoms with Crippen molar-refractivity contribution in [3.8, 4) is 0 Å². The number of carbonyl (C=O) groups is 2. The van der Waals surface area contributed by atoms with Gasteiger partial charge in [0.25, 0.3) is 0 Å². The quantitative estimate of drug-likeness (QED) is 0.864. The van der Waals surface area contributed by atoms with E-state index in [0.717, 1.165) is 24.2 Å². The SMILES string of the molecule is CC(=O)NCc1nccnc1C1CCN(C(=O)Cn2ccnc2)CC1. The van der Waals surface area contributed by atoms with Gasteiger partial charge in [0.1, 0.15) is 6.54 Å². The van der Waals surface area contributed by atoms with Gasteiger partial charge >= 0.3 is 0 Å². The number of aromatic nitrogens is 4. The fourth-order valence-electron chi connectivity index (χ4n) is 3.10. The summed E-state index contributed by atoms with van der Waals surface area (Å²) in [6.07, 6.45) is 10.1. The Labute approximate surface area is 146 Å². The third-order valence-electron chi connectivity index (χ3n) is 4.42. The maximum absolute atomic E-state index is 12.4. The molecule has 1 N–H and O–H groups in total. The van der Waals surface area contributed by atoms with Crippen LogP contribution in [0.25, 0.3) is 0 Å². The lowest BCUT2D eigenvalue weighted by atomic mass is 9.91. The summed E-state index contributed by atoms with van der Waals surface area (Å²) in [6, 6.07) is 0. The average Bonchev–Trinajstić information content (AvgIpc) is 3.13. The molecule has 8 nitrogen and oxygen atoms in total. The summed E-state index contributed by atoms with van der Waals surface area (Å²) in [5.41, 5.74) is 1.74. The molecule has 0 saturated carbocycles. The van der Waals surface area contributed by atoms with Crippen molar-refractivity contribution in [3.63, 3.8) is 0 Å². The molecule has 3 heterocycles. The van der Waals surface area contributed by atoms with Gasteiger partial charge in [-0.25, -0.2) is 4.98 Å². The number of piperidine rings is 1. The maximum atomic E-state index is 12.4. The van der Waals surface area contributed by atoms with Crippen molar-refractivity contribution in [1.82, 2.24) is 29.7 Å². The van der Waals surface area contributed by atoms with Crippen molar-refractivity contribution in [2.24, 2.45) is 0 Å². The van der Waals surface area contributed by atoms with Crippen LogP contribution in [-0.4, -0.2) is 49.3 Å². The second-order valence-electron chi connectivity index (χ2n) is 6.19. The predicted molar refractivity (Wildman–Crippen MR) is 90.3 cm³/mol. The van der Waals surface area contributed by atoms with E-state index in [2.05, 4.69) is 20.3 Å². The summed E-state index contributed by atoms with van der Waals surface area (Å²) in [4.78, 5) is 38.2. The molecule has 0 bridgehead atoms. The Morgan fingerprint density at radius 1 is 1.20 bits per heavy atom. The Hall–Kier alpha value is -2.77. The van der Waals surface area contributed by atoms with Crippen LogP contribution < -0.4 is 5.32 Å². The first-order valence-electron chi connectivity index (χ1n) is 8.41. The summed E-state index contributed by atoms with van der Waals surface area (Å²) < 4.78 is 1.78. The Bertz CT molecular complexity index is 722. The number of likely N-dealkylation sites (tertiary alicyclic amines) is 1. The van der Waals surface area contributed by atoms with Gasteiger partial charge in [-0.3, -0.25) is 19.6 Å². The molecule has 2 aromatic heterocycles. The fraction of sp³-hybridized carbons (Fsp3) is 0.471. The standard InChI is InChI=1S/C17H22N6O2/c1-13(24)21-10-15-17(20-5-4-19-15)14-2-7-23(8-3-14)16(25)11-22-9-6-18-12-22/h4-6,9,12,14H,2-3,7-8,10-11H2,1H3,(H,21,24). The van der Waals surface area contributed by atoms with E-state index < -0.39 is 0 Å². The van der Waals surface area contributed by atoms with E-state index in [4.69, 9.17) is 0 Å². The molecule has 1 fully saturated rings. The number of carbonyl (C=O) groups excluding carboxylic acids is 2. The Morgan fingerprint density at radius 3 is 2.64 bits per heavy atom. The van der Waals surface area contributed by atoms with Crippen LogP contribution in [0.5, 0.6) is 0 Å². The largest absolute Gasteiger partial charge is 0.351 e. The molecule has 2 amide bonds. The molecule has 8 heteroatoms. The molecule has 0 atom stereocenters. The van der Waals surface area contributed by atoms with Crippen LogP contribution in [0.4, 0.5) is 0 Å². The lowest BCUT2D eigenvalue weighted by Gasteiger charge is -2.32. The van der Waals surface area contributed by atoms with E-state index in [1.165, 1.54) is 6.92 Å². The molecule has 0 radical (unpaired) electrons. The first kappa shape index (κ1) is 17.1. The van der Waals surface area contributed by atoms with Crippen molar-refractivity contribution in [2.75, 3.05) is 13.1 Å². The summed E-state index contributed by atoms with van der Waals surface area (Å²) in [6.45, 7) is 3.60. The molecule has 0 aliphatic carbocycles. The average molecular weight is 342 g/mol.